The minimum atomic E-state index is 0.567. The van der Waals surface area contributed by atoms with Crippen LogP contribution in [0.15, 0.2) is 42.6 Å². The number of nitrogens with zero attached hydrogens (tertiary/aromatic N) is 7. The van der Waals surface area contributed by atoms with Gasteiger partial charge in [0.05, 0.1) is 12.2 Å². The van der Waals surface area contributed by atoms with Gasteiger partial charge in [-0.3, -0.25) is 4.98 Å². The zero-order chi connectivity index (χ0) is 18.6. The SMILES string of the molecule is CCCc1nc(C)nn1Cc1ccc(-c2ccccc2-c2nn[nH]n2)cn1. The van der Waals surface area contributed by atoms with Gasteiger partial charge >= 0.3 is 0 Å². The third-order valence-electron chi connectivity index (χ3n) is 4.29. The van der Waals surface area contributed by atoms with Crippen molar-refractivity contribution in [2.24, 2.45) is 0 Å². The highest BCUT2D eigenvalue weighted by molar-refractivity contribution is 5.79. The van der Waals surface area contributed by atoms with Gasteiger partial charge in [-0.15, -0.1) is 10.2 Å². The second kappa shape index (κ2) is 7.45. The van der Waals surface area contributed by atoms with Gasteiger partial charge in [0.25, 0.3) is 0 Å². The summed E-state index contributed by atoms with van der Waals surface area (Å²) in [7, 11) is 0. The maximum atomic E-state index is 4.63. The molecular weight excluding hydrogens is 340 g/mol. The number of benzene rings is 1. The van der Waals surface area contributed by atoms with Crippen molar-refractivity contribution in [3.05, 3.63) is 59.9 Å². The summed E-state index contributed by atoms with van der Waals surface area (Å²) in [5, 5.41) is 18.8. The van der Waals surface area contributed by atoms with Gasteiger partial charge in [0.1, 0.15) is 11.6 Å². The fourth-order valence-corrected chi connectivity index (χ4v) is 3.07. The van der Waals surface area contributed by atoms with Crippen LogP contribution in [0.3, 0.4) is 0 Å². The Morgan fingerprint density at radius 3 is 2.63 bits per heavy atom. The van der Waals surface area contributed by atoms with Crippen molar-refractivity contribution in [3.63, 3.8) is 0 Å². The first kappa shape index (κ1) is 17.0. The lowest BCUT2D eigenvalue weighted by Crippen LogP contribution is -2.08. The Kier molecular flexibility index (Phi) is 4.69. The van der Waals surface area contributed by atoms with Crippen molar-refractivity contribution < 1.29 is 0 Å². The van der Waals surface area contributed by atoms with Crippen LogP contribution in [0.5, 0.6) is 0 Å². The predicted molar refractivity (Wildman–Crippen MR) is 101 cm³/mol. The van der Waals surface area contributed by atoms with Gasteiger partial charge in [0, 0.05) is 23.7 Å². The molecule has 0 radical (unpaired) electrons. The maximum absolute atomic E-state index is 4.63. The molecule has 0 amide bonds. The van der Waals surface area contributed by atoms with Crippen LogP contribution in [0.4, 0.5) is 0 Å². The van der Waals surface area contributed by atoms with Gasteiger partial charge in [0.2, 0.25) is 5.82 Å². The first-order chi connectivity index (χ1) is 13.2. The fraction of sp³-hybridized carbons (Fsp3) is 0.263. The molecule has 136 valence electrons. The monoisotopic (exact) mass is 360 g/mol. The molecule has 1 N–H and O–H groups in total. The standard InChI is InChI=1S/C19H20N8/c1-3-6-18-21-13(2)24-27(18)12-15-10-9-14(11-20-15)16-7-4-5-8-17(16)19-22-25-26-23-19/h4-5,7-11H,3,6,12H2,1-2H3,(H,22,23,25,26). The van der Waals surface area contributed by atoms with Gasteiger partial charge < -0.3 is 0 Å². The van der Waals surface area contributed by atoms with Crippen molar-refractivity contribution in [2.75, 3.05) is 0 Å². The van der Waals surface area contributed by atoms with E-state index in [0.29, 0.717) is 12.4 Å². The molecule has 0 aliphatic heterocycles. The fourth-order valence-electron chi connectivity index (χ4n) is 3.07. The zero-order valence-corrected chi connectivity index (χ0v) is 15.3. The molecule has 0 bridgehead atoms. The van der Waals surface area contributed by atoms with Crippen molar-refractivity contribution in [3.8, 4) is 22.5 Å². The van der Waals surface area contributed by atoms with E-state index in [1.54, 1.807) is 0 Å². The van der Waals surface area contributed by atoms with Crippen LogP contribution in [-0.2, 0) is 13.0 Å². The third kappa shape index (κ3) is 3.59. The number of aromatic nitrogens is 8. The number of aromatic amines is 1. The van der Waals surface area contributed by atoms with Crippen LogP contribution in [0.2, 0.25) is 0 Å². The summed E-state index contributed by atoms with van der Waals surface area (Å²) in [6, 6.07) is 12.0. The minimum absolute atomic E-state index is 0.567. The van der Waals surface area contributed by atoms with Crippen molar-refractivity contribution >= 4 is 0 Å². The van der Waals surface area contributed by atoms with Crippen LogP contribution < -0.4 is 0 Å². The molecule has 0 saturated carbocycles. The lowest BCUT2D eigenvalue weighted by molar-refractivity contribution is 0.618. The van der Waals surface area contributed by atoms with Crippen molar-refractivity contribution in [2.45, 2.75) is 33.2 Å². The molecule has 0 fully saturated rings. The normalized spacial score (nSPS) is 11.0. The Hall–Kier alpha value is -3.42. The molecule has 0 saturated heterocycles. The molecule has 8 heteroatoms. The van der Waals surface area contributed by atoms with E-state index in [9.17, 15) is 0 Å². The number of hydrogen-bond donors (Lipinski definition) is 1. The van der Waals surface area contributed by atoms with Gasteiger partial charge in [-0.1, -0.05) is 37.3 Å². The summed E-state index contributed by atoms with van der Waals surface area (Å²) in [4.78, 5) is 9.13. The molecule has 3 heterocycles. The number of nitrogens with one attached hydrogen (secondary N) is 1. The second-order valence-corrected chi connectivity index (χ2v) is 6.30. The second-order valence-electron chi connectivity index (χ2n) is 6.30. The summed E-state index contributed by atoms with van der Waals surface area (Å²) in [6.07, 6.45) is 3.83. The average molecular weight is 360 g/mol. The summed E-state index contributed by atoms with van der Waals surface area (Å²) in [5.41, 5.74) is 3.87. The summed E-state index contributed by atoms with van der Waals surface area (Å²) in [5.74, 6) is 2.37. The Labute approximate surface area is 156 Å². The average Bonchev–Trinajstić information content (AvgIpc) is 3.33. The van der Waals surface area contributed by atoms with E-state index in [4.69, 9.17) is 0 Å². The molecule has 4 aromatic rings. The number of aryl methyl sites for hydroxylation is 2. The highest BCUT2D eigenvalue weighted by atomic mass is 15.5. The van der Waals surface area contributed by atoms with Crippen LogP contribution in [-0.4, -0.2) is 40.4 Å². The Morgan fingerprint density at radius 2 is 1.93 bits per heavy atom. The van der Waals surface area contributed by atoms with E-state index in [0.717, 1.165) is 46.9 Å². The van der Waals surface area contributed by atoms with Gasteiger partial charge in [-0.05, 0) is 30.2 Å². The maximum Gasteiger partial charge on any atom is 0.205 e. The van der Waals surface area contributed by atoms with Crippen LogP contribution in [0.25, 0.3) is 22.5 Å². The largest absolute Gasteiger partial charge is 0.259 e. The van der Waals surface area contributed by atoms with E-state index in [2.05, 4.69) is 48.7 Å². The van der Waals surface area contributed by atoms with E-state index in [-0.39, 0.29) is 0 Å². The predicted octanol–water partition coefficient (Wildman–Crippen LogP) is 2.83. The minimum Gasteiger partial charge on any atom is -0.259 e. The Morgan fingerprint density at radius 1 is 1.07 bits per heavy atom. The third-order valence-corrected chi connectivity index (χ3v) is 4.29. The van der Waals surface area contributed by atoms with E-state index >= 15 is 0 Å². The lowest BCUT2D eigenvalue weighted by atomic mass is 10.0. The Balaban J connectivity index is 1.61. The molecular formula is C19H20N8. The van der Waals surface area contributed by atoms with Crippen LogP contribution in [0, 0.1) is 6.92 Å². The zero-order valence-electron chi connectivity index (χ0n) is 15.3. The quantitative estimate of drug-likeness (QED) is 0.568. The number of H-pyrrole nitrogens is 1. The number of tetrazole rings is 1. The highest BCUT2D eigenvalue weighted by Crippen LogP contribution is 2.29. The van der Waals surface area contributed by atoms with E-state index < -0.39 is 0 Å². The molecule has 0 aliphatic carbocycles. The van der Waals surface area contributed by atoms with Gasteiger partial charge in [0.15, 0.2) is 0 Å². The van der Waals surface area contributed by atoms with E-state index in [1.807, 2.05) is 48.1 Å². The molecule has 0 spiro atoms. The summed E-state index contributed by atoms with van der Waals surface area (Å²) >= 11 is 0. The first-order valence-electron chi connectivity index (χ1n) is 8.93. The van der Waals surface area contributed by atoms with E-state index in [1.165, 1.54) is 0 Å². The summed E-state index contributed by atoms with van der Waals surface area (Å²) < 4.78 is 1.94. The number of rotatable bonds is 6. The number of pyridine rings is 1. The van der Waals surface area contributed by atoms with Crippen molar-refractivity contribution in [1.29, 1.82) is 0 Å². The van der Waals surface area contributed by atoms with Crippen molar-refractivity contribution in [1.82, 2.24) is 40.4 Å². The molecule has 8 nitrogen and oxygen atoms in total. The Bertz CT molecular complexity index is 1020. The van der Waals surface area contributed by atoms with Gasteiger partial charge in [-0.25, -0.2) is 9.67 Å². The smallest absolute Gasteiger partial charge is 0.205 e. The topological polar surface area (TPSA) is 98.1 Å². The molecule has 0 atom stereocenters. The van der Waals surface area contributed by atoms with Crippen LogP contribution in [0.1, 0.15) is 30.7 Å². The molecule has 0 unspecified atom stereocenters. The molecule has 0 aliphatic rings. The van der Waals surface area contributed by atoms with Gasteiger partial charge in [-0.2, -0.15) is 10.3 Å². The first-order valence-corrected chi connectivity index (χ1v) is 8.93. The molecule has 1 aromatic carbocycles. The molecule has 3 aromatic heterocycles. The molecule has 4 rings (SSSR count). The highest BCUT2D eigenvalue weighted by Gasteiger charge is 2.12. The lowest BCUT2D eigenvalue weighted by Gasteiger charge is -2.08. The molecule has 27 heavy (non-hydrogen) atoms. The number of hydrogen-bond acceptors (Lipinski definition) is 6. The van der Waals surface area contributed by atoms with Crippen LogP contribution >= 0.6 is 0 Å². The summed E-state index contributed by atoms with van der Waals surface area (Å²) in [6.45, 7) is 4.67.